The summed E-state index contributed by atoms with van der Waals surface area (Å²) in [5, 5.41) is 12.9. The van der Waals surface area contributed by atoms with Crippen LogP contribution in [0.25, 0.3) is 0 Å². The molecule has 0 radical (unpaired) electrons. The number of aromatic hydroxyl groups is 1. The van der Waals surface area contributed by atoms with Crippen molar-refractivity contribution in [2.75, 3.05) is 19.0 Å². The zero-order chi connectivity index (χ0) is 22.5. The number of ether oxygens (including phenoxy) is 2. The Kier molecular flexibility index (Phi) is 6.91. The molecule has 3 amide bonds. The van der Waals surface area contributed by atoms with Crippen LogP contribution in [0.4, 0.5) is 5.69 Å². The Labute approximate surface area is 183 Å². The number of phenols is 1. The molecular formula is C21H23N3O6S. The van der Waals surface area contributed by atoms with Crippen molar-refractivity contribution >= 4 is 35.2 Å². The first-order valence-corrected chi connectivity index (χ1v) is 10.4. The fourth-order valence-electron chi connectivity index (χ4n) is 2.97. The lowest BCUT2D eigenvalue weighted by atomic mass is 10.2. The van der Waals surface area contributed by atoms with E-state index in [4.69, 9.17) is 9.47 Å². The molecule has 0 saturated carbocycles. The summed E-state index contributed by atoms with van der Waals surface area (Å²) >= 11 is 1.37. The van der Waals surface area contributed by atoms with Gasteiger partial charge in [-0.15, -0.1) is 11.8 Å². The standard InChI is InChI=1S/C21H23N3O6S/c1-12-20(28)24(21(31-12)14-4-9-17(26)18(10-14)29-3)23-19(27)11-30-16-7-5-15(6-8-16)22-13(2)25/h4-10,12,21,26H,11H2,1-3H3,(H,22,25)(H,23,27). The normalized spacial score (nSPS) is 17.9. The number of carbonyl (C=O) groups is 3. The Bertz CT molecular complexity index is 982. The minimum atomic E-state index is -0.496. The molecule has 2 aromatic rings. The van der Waals surface area contributed by atoms with Gasteiger partial charge in [0, 0.05) is 12.6 Å². The number of nitrogens with one attached hydrogen (secondary N) is 2. The number of hydrogen-bond donors (Lipinski definition) is 3. The zero-order valence-electron chi connectivity index (χ0n) is 17.2. The topological polar surface area (TPSA) is 117 Å². The molecule has 0 spiro atoms. The summed E-state index contributed by atoms with van der Waals surface area (Å²) in [6.07, 6.45) is 0. The molecule has 31 heavy (non-hydrogen) atoms. The summed E-state index contributed by atoms with van der Waals surface area (Å²) in [7, 11) is 1.44. The van der Waals surface area contributed by atoms with Gasteiger partial charge in [-0.3, -0.25) is 19.8 Å². The molecule has 9 nitrogen and oxygen atoms in total. The average Bonchev–Trinajstić information content (AvgIpc) is 3.01. The molecule has 3 rings (SSSR count). The predicted octanol–water partition coefficient (Wildman–Crippen LogP) is 2.43. The van der Waals surface area contributed by atoms with Crippen LogP contribution in [0.5, 0.6) is 17.2 Å². The molecule has 164 valence electrons. The second kappa shape index (κ2) is 9.61. The molecule has 10 heteroatoms. The highest BCUT2D eigenvalue weighted by atomic mass is 32.2. The predicted molar refractivity (Wildman–Crippen MR) is 116 cm³/mol. The maximum Gasteiger partial charge on any atom is 0.276 e. The average molecular weight is 445 g/mol. The Hall–Kier alpha value is -3.40. The summed E-state index contributed by atoms with van der Waals surface area (Å²) in [5.74, 6) is -0.208. The Morgan fingerprint density at radius 1 is 1.19 bits per heavy atom. The number of amides is 3. The van der Waals surface area contributed by atoms with Crippen molar-refractivity contribution in [1.82, 2.24) is 10.4 Å². The lowest BCUT2D eigenvalue weighted by Gasteiger charge is -2.25. The van der Waals surface area contributed by atoms with Crippen LogP contribution in [0.15, 0.2) is 42.5 Å². The lowest BCUT2D eigenvalue weighted by Crippen LogP contribution is -2.47. The minimum Gasteiger partial charge on any atom is -0.504 e. The number of benzene rings is 2. The number of hydrazine groups is 1. The van der Waals surface area contributed by atoms with E-state index in [2.05, 4.69) is 10.7 Å². The van der Waals surface area contributed by atoms with E-state index in [1.807, 2.05) is 0 Å². The third-order valence-corrected chi connectivity index (χ3v) is 5.78. The first kappa shape index (κ1) is 22.3. The highest BCUT2D eigenvalue weighted by Crippen LogP contribution is 2.43. The fourth-order valence-corrected chi connectivity index (χ4v) is 4.17. The number of rotatable bonds is 7. The van der Waals surface area contributed by atoms with E-state index in [0.29, 0.717) is 17.0 Å². The van der Waals surface area contributed by atoms with Crippen LogP contribution in [-0.4, -0.2) is 46.8 Å². The first-order valence-electron chi connectivity index (χ1n) is 9.44. The molecule has 1 aliphatic heterocycles. The number of carbonyl (C=O) groups excluding carboxylic acids is 3. The van der Waals surface area contributed by atoms with Crippen molar-refractivity contribution in [3.8, 4) is 17.2 Å². The maximum atomic E-state index is 12.6. The second-order valence-corrected chi connectivity index (χ2v) is 8.23. The Morgan fingerprint density at radius 2 is 1.90 bits per heavy atom. The van der Waals surface area contributed by atoms with Gasteiger partial charge in [-0.2, -0.15) is 0 Å². The van der Waals surface area contributed by atoms with Crippen LogP contribution in [0, 0.1) is 0 Å². The van der Waals surface area contributed by atoms with Crippen molar-refractivity contribution in [1.29, 1.82) is 0 Å². The van der Waals surface area contributed by atoms with E-state index < -0.39 is 11.3 Å². The highest BCUT2D eigenvalue weighted by molar-refractivity contribution is 8.01. The van der Waals surface area contributed by atoms with Crippen molar-refractivity contribution in [2.45, 2.75) is 24.5 Å². The maximum absolute atomic E-state index is 12.6. The van der Waals surface area contributed by atoms with Crippen LogP contribution in [0.2, 0.25) is 0 Å². The van der Waals surface area contributed by atoms with Gasteiger partial charge in [-0.1, -0.05) is 6.07 Å². The molecule has 2 unspecified atom stereocenters. The number of thioether (sulfide) groups is 1. The van der Waals surface area contributed by atoms with Crippen LogP contribution < -0.4 is 20.2 Å². The van der Waals surface area contributed by atoms with Crippen molar-refractivity contribution in [3.63, 3.8) is 0 Å². The summed E-state index contributed by atoms with van der Waals surface area (Å²) in [4.78, 5) is 36.1. The molecule has 3 N–H and O–H groups in total. The molecule has 1 fully saturated rings. The van der Waals surface area contributed by atoms with Gasteiger partial charge < -0.3 is 19.9 Å². The number of phenolic OH excluding ortho intramolecular Hbond substituents is 1. The van der Waals surface area contributed by atoms with E-state index in [-0.39, 0.29) is 35.2 Å². The number of anilines is 1. The van der Waals surface area contributed by atoms with Gasteiger partial charge in [0.1, 0.15) is 11.1 Å². The highest BCUT2D eigenvalue weighted by Gasteiger charge is 2.40. The van der Waals surface area contributed by atoms with Gasteiger partial charge >= 0.3 is 0 Å². The van der Waals surface area contributed by atoms with Gasteiger partial charge in [-0.05, 0) is 48.9 Å². The Morgan fingerprint density at radius 3 is 2.55 bits per heavy atom. The van der Waals surface area contributed by atoms with Crippen LogP contribution in [0.1, 0.15) is 24.8 Å². The summed E-state index contributed by atoms with van der Waals surface area (Å²) in [5.41, 5.74) is 3.92. The molecule has 1 aliphatic rings. The number of nitrogens with zero attached hydrogens (tertiary/aromatic N) is 1. The van der Waals surface area contributed by atoms with Gasteiger partial charge in [0.25, 0.3) is 11.8 Å². The van der Waals surface area contributed by atoms with Gasteiger partial charge in [0.15, 0.2) is 18.1 Å². The second-order valence-electron chi connectivity index (χ2n) is 6.80. The third kappa shape index (κ3) is 5.40. The van der Waals surface area contributed by atoms with E-state index in [0.717, 1.165) is 0 Å². The van der Waals surface area contributed by atoms with Crippen LogP contribution >= 0.6 is 11.8 Å². The fraction of sp³-hybridized carbons (Fsp3) is 0.286. The Balaban J connectivity index is 1.64. The largest absolute Gasteiger partial charge is 0.504 e. The smallest absolute Gasteiger partial charge is 0.276 e. The van der Waals surface area contributed by atoms with Crippen LogP contribution in [0.3, 0.4) is 0 Å². The molecular weight excluding hydrogens is 422 g/mol. The number of hydrogen-bond acceptors (Lipinski definition) is 7. The number of methoxy groups -OCH3 is 1. The molecule has 1 heterocycles. The summed E-state index contributed by atoms with van der Waals surface area (Å²) in [6, 6.07) is 11.4. The minimum absolute atomic E-state index is 0.0119. The summed E-state index contributed by atoms with van der Waals surface area (Å²) < 4.78 is 10.6. The van der Waals surface area contributed by atoms with E-state index in [1.165, 1.54) is 36.9 Å². The van der Waals surface area contributed by atoms with Gasteiger partial charge in [0.05, 0.1) is 12.4 Å². The third-order valence-electron chi connectivity index (χ3n) is 4.43. The SMILES string of the molecule is COc1cc(C2SC(C)C(=O)N2NC(=O)COc2ccc(NC(C)=O)cc2)ccc1O. The van der Waals surface area contributed by atoms with Crippen molar-refractivity contribution in [3.05, 3.63) is 48.0 Å². The van der Waals surface area contributed by atoms with E-state index in [1.54, 1.807) is 43.3 Å². The quantitative estimate of drug-likeness (QED) is 0.599. The molecule has 0 bridgehead atoms. The van der Waals surface area contributed by atoms with Gasteiger partial charge in [-0.25, -0.2) is 5.01 Å². The summed E-state index contributed by atoms with van der Waals surface area (Å²) in [6.45, 7) is 2.87. The molecule has 2 aromatic carbocycles. The van der Waals surface area contributed by atoms with E-state index in [9.17, 15) is 19.5 Å². The molecule has 1 saturated heterocycles. The molecule has 0 aromatic heterocycles. The zero-order valence-corrected chi connectivity index (χ0v) is 18.1. The van der Waals surface area contributed by atoms with Crippen LogP contribution in [-0.2, 0) is 14.4 Å². The molecule has 2 atom stereocenters. The molecule has 0 aliphatic carbocycles. The monoisotopic (exact) mass is 445 g/mol. The van der Waals surface area contributed by atoms with Crippen molar-refractivity contribution < 1.29 is 29.0 Å². The lowest BCUT2D eigenvalue weighted by molar-refractivity contribution is -0.141. The van der Waals surface area contributed by atoms with E-state index >= 15 is 0 Å². The van der Waals surface area contributed by atoms with Gasteiger partial charge in [0.2, 0.25) is 5.91 Å². The first-order chi connectivity index (χ1) is 14.8. The van der Waals surface area contributed by atoms with Crippen molar-refractivity contribution in [2.24, 2.45) is 0 Å².